The van der Waals surface area contributed by atoms with Gasteiger partial charge in [0, 0.05) is 44.8 Å². The molecule has 1 N–H and O–H groups in total. The molecule has 2 heterocycles. The van der Waals surface area contributed by atoms with Gasteiger partial charge in [-0.05, 0) is 24.6 Å². The second kappa shape index (κ2) is 6.86. The molecular weight excluding hydrogens is 290 g/mol. The molecule has 1 aromatic rings. The second-order valence-corrected chi connectivity index (χ2v) is 6.10. The van der Waals surface area contributed by atoms with Crippen LogP contribution in [0.25, 0.3) is 0 Å². The van der Waals surface area contributed by atoms with Crippen LogP contribution in [0.3, 0.4) is 0 Å². The Morgan fingerprint density at radius 1 is 1.30 bits per heavy atom. The number of rotatable bonds is 5. The molecule has 1 fully saturated rings. The van der Waals surface area contributed by atoms with E-state index >= 15 is 0 Å². The van der Waals surface area contributed by atoms with E-state index in [0.29, 0.717) is 26.1 Å². The molecule has 0 saturated carbocycles. The first-order valence-electron chi connectivity index (χ1n) is 8.21. The molecule has 0 radical (unpaired) electrons. The van der Waals surface area contributed by atoms with Crippen molar-refractivity contribution < 1.29 is 9.59 Å². The average Bonchev–Trinajstić information content (AvgIpc) is 3.22. The third-order valence-electron chi connectivity index (χ3n) is 4.53. The van der Waals surface area contributed by atoms with E-state index in [-0.39, 0.29) is 17.7 Å². The smallest absolute Gasteiger partial charge is 0.225 e. The van der Waals surface area contributed by atoms with E-state index in [1.807, 2.05) is 19.1 Å². The van der Waals surface area contributed by atoms with Crippen molar-refractivity contribution in [2.45, 2.75) is 19.9 Å². The third-order valence-corrected chi connectivity index (χ3v) is 4.53. The molecule has 1 atom stereocenters. The number of likely N-dealkylation sites (tertiary alicyclic amines) is 1. The zero-order valence-corrected chi connectivity index (χ0v) is 13.5. The van der Waals surface area contributed by atoms with Crippen LogP contribution in [0, 0.1) is 5.92 Å². The fourth-order valence-electron chi connectivity index (χ4n) is 3.14. The number of carbonyl (C=O) groups excluding carboxylic acids is 2. The zero-order chi connectivity index (χ0) is 16.2. The molecular formula is C18H23N3O2. The molecule has 2 amide bonds. The summed E-state index contributed by atoms with van der Waals surface area (Å²) in [5, 5.41) is 2.97. The van der Waals surface area contributed by atoms with Gasteiger partial charge in [-0.2, -0.15) is 0 Å². The highest BCUT2D eigenvalue weighted by atomic mass is 16.2. The Labute approximate surface area is 137 Å². The minimum Gasteiger partial charge on any atom is -0.364 e. The van der Waals surface area contributed by atoms with Gasteiger partial charge in [-0.3, -0.25) is 9.59 Å². The normalized spacial score (nSPS) is 20.4. The SMILES string of the molecule is CCN1CC(C(=O)NCc2cccc(N3CC=CC3)c2)CC1=O. The number of amides is 2. The lowest BCUT2D eigenvalue weighted by Crippen LogP contribution is -2.32. The lowest BCUT2D eigenvalue weighted by atomic mass is 10.1. The van der Waals surface area contributed by atoms with E-state index in [0.717, 1.165) is 18.7 Å². The van der Waals surface area contributed by atoms with Gasteiger partial charge in [0.1, 0.15) is 0 Å². The van der Waals surface area contributed by atoms with Gasteiger partial charge in [-0.1, -0.05) is 24.3 Å². The maximum atomic E-state index is 12.3. The maximum Gasteiger partial charge on any atom is 0.225 e. The minimum absolute atomic E-state index is 0.0254. The lowest BCUT2D eigenvalue weighted by molar-refractivity contribution is -0.128. The standard InChI is InChI=1S/C18H23N3O2/c1-2-20-13-15(11-17(20)22)18(23)19-12-14-6-5-7-16(10-14)21-8-3-4-9-21/h3-7,10,15H,2,8-9,11-13H2,1H3,(H,19,23). The molecule has 1 unspecified atom stereocenters. The van der Waals surface area contributed by atoms with E-state index in [2.05, 4.69) is 34.5 Å². The summed E-state index contributed by atoms with van der Waals surface area (Å²) in [7, 11) is 0. The molecule has 1 aromatic carbocycles. The summed E-state index contributed by atoms with van der Waals surface area (Å²) in [5.41, 5.74) is 2.26. The first-order chi connectivity index (χ1) is 11.2. The molecule has 0 spiro atoms. The molecule has 2 aliphatic rings. The summed E-state index contributed by atoms with van der Waals surface area (Å²) in [6.07, 6.45) is 4.65. The first-order valence-corrected chi connectivity index (χ1v) is 8.21. The van der Waals surface area contributed by atoms with E-state index < -0.39 is 0 Å². The largest absolute Gasteiger partial charge is 0.364 e. The van der Waals surface area contributed by atoms with Crippen molar-refractivity contribution in [2.75, 3.05) is 31.1 Å². The second-order valence-electron chi connectivity index (χ2n) is 6.10. The van der Waals surface area contributed by atoms with Crippen molar-refractivity contribution in [3.63, 3.8) is 0 Å². The Morgan fingerprint density at radius 3 is 2.78 bits per heavy atom. The van der Waals surface area contributed by atoms with Crippen LogP contribution in [0.2, 0.25) is 0 Å². The fourth-order valence-corrected chi connectivity index (χ4v) is 3.14. The highest BCUT2D eigenvalue weighted by Gasteiger charge is 2.33. The molecule has 2 aliphatic heterocycles. The quantitative estimate of drug-likeness (QED) is 0.839. The topological polar surface area (TPSA) is 52.7 Å². The first kappa shape index (κ1) is 15.6. The Morgan fingerprint density at radius 2 is 2.09 bits per heavy atom. The summed E-state index contributed by atoms with van der Waals surface area (Å²) in [6, 6.07) is 8.25. The number of benzene rings is 1. The average molecular weight is 313 g/mol. The van der Waals surface area contributed by atoms with Crippen molar-refractivity contribution in [3.05, 3.63) is 42.0 Å². The Hall–Kier alpha value is -2.30. The van der Waals surface area contributed by atoms with Crippen LogP contribution in [0.15, 0.2) is 36.4 Å². The summed E-state index contributed by atoms with van der Waals surface area (Å²) in [5.74, 6) is -0.160. The number of carbonyl (C=O) groups is 2. The summed E-state index contributed by atoms with van der Waals surface area (Å²) < 4.78 is 0. The Balaban J connectivity index is 1.55. The fraction of sp³-hybridized carbons (Fsp3) is 0.444. The van der Waals surface area contributed by atoms with Crippen LogP contribution in [-0.4, -0.2) is 42.9 Å². The number of nitrogens with one attached hydrogen (secondary N) is 1. The monoisotopic (exact) mass is 313 g/mol. The van der Waals surface area contributed by atoms with E-state index in [9.17, 15) is 9.59 Å². The summed E-state index contributed by atoms with van der Waals surface area (Å²) in [6.45, 7) is 5.54. The maximum absolute atomic E-state index is 12.3. The van der Waals surface area contributed by atoms with Gasteiger partial charge in [0.2, 0.25) is 11.8 Å². The number of nitrogens with zero attached hydrogens (tertiary/aromatic N) is 2. The zero-order valence-electron chi connectivity index (χ0n) is 13.5. The molecule has 122 valence electrons. The predicted octanol–water partition coefficient (Wildman–Crippen LogP) is 1.55. The van der Waals surface area contributed by atoms with E-state index in [1.54, 1.807) is 4.90 Å². The molecule has 1 saturated heterocycles. The van der Waals surface area contributed by atoms with Gasteiger partial charge in [0.25, 0.3) is 0 Å². The van der Waals surface area contributed by atoms with Gasteiger partial charge in [-0.25, -0.2) is 0 Å². The molecule has 0 bridgehead atoms. The Bertz CT molecular complexity index is 618. The number of hydrogen-bond acceptors (Lipinski definition) is 3. The predicted molar refractivity (Wildman–Crippen MR) is 90.0 cm³/mol. The van der Waals surface area contributed by atoms with Crippen LogP contribution < -0.4 is 10.2 Å². The molecule has 5 heteroatoms. The molecule has 5 nitrogen and oxygen atoms in total. The molecule has 23 heavy (non-hydrogen) atoms. The van der Waals surface area contributed by atoms with E-state index in [1.165, 1.54) is 5.69 Å². The van der Waals surface area contributed by atoms with Crippen molar-refractivity contribution in [3.8, 4) is 0 Å². The third kappa shape index (κ3) is 3.55. The highest BCUT2D eigenvalue weighted by molar-refractivity contribution is 5.89. The van der Waals surface area contributed by atoms with E-state index in [4.69, 9.17) is 0 Å². The van der Waals surface area contributed by atoms with Gasteiger partial charge < -0.3 is 15.1 Å². The Kier molecular flexibility index (Phi) is 4.65. The molecule has 3 rings (SSSR count). The van der Waals surface area contributed by atoms with Crippen molar-refractivity contribution >= 4 is 17.5 Å². The number of hydrogen-bond donors (Lipinski definition) is 1. The van der Waals surface area contributed by atoms with Crippen LogP contribution >= 0.6 is 0 Å². The van der Waals surface area contributed by atoms with Gasteiger partial charge in [-0.15, -0.1) is 0 Å². The van der Waals surface area contributed by atoms with Crippen molar-refractivity contribution in [1.29, 1.82) is 0 Å². The van der Waals surface area contributed by atoms with Crippen LogP contribution in [-0.2, 0) is 16.1 Å². The van der Waals surface area contributed by atoms with Gasteiger partial charge in [0.15, 0.2) is 0 Å². The van der Waals surface area contributed by atoms with Crippen LogP contribution in [0.4, 0.5) is 5.69 Å². The van der Waals surface area contributed by atoms with Gasteiger partial charge >= 0.3 is 0 Å². The number of anilines is 1. The van der Waals surface area contributed by atoms with Crippen LogP contribution in [0.5, 0.6) is 0 Å². The summed E-state index contributed by atoms with van der Waals surface area (Å²) >= 11 is 0. The highest BCUT2D eigenvalue weighted by Crippen LogP contribution is 2.20. The molecule has 0 aliphatic carbocycles. The lowest BCUT2D eigenvalue weighted by Gasteiger charge is -2.19. The summed E-state index contributed by atoms with van der Waals surface area (Å²) in [4.78, 5) is 28.0. The van der Waals surface area contributed by atoms with Gasteiger partial charge in [0.05, 0.1) is 5.92 Å². The van der Waals surface area contributed by atoms with Crippen LogP contribution in [0.1, 0.15) is 18.9 Å². The van der Waals surface area contributed by atoms with Crippen molar-refractivity contribution in [2.24, 2.45) is 5.92 Å². The van der Waals surface area contributed by atoms with Crippen molar-refractivity contribution in [1.82, 2.24) is 10.2 Å². The molecule has 0 aromatic heterocycles. The minimum atomic E-state index is -0.214.